The van der Waals surface area contributed by atoms with Gasteiger partial charge in [0, 0.05) is 6.20 Å². The maximum Gasteiger partial charge on any atom is 0.262 e. The second kappa shape index (κ2) is 5.88. The molecule has 104 valence electrons. The Kier molecular flexibility index (Phi) is 4.20. The molecule has 0 bridgehead atoms. The Labute approximate surface area is 120 Å². The van der Waals surface area contributed by atoms with E-state index in [0.29, 0.717) is 5.69 Å². The molecule has 1 amide bonds. The summed E-state index contributed by atoms with van der Waals surface area (Å²) in [6.07, 6.45) is 1.52. The molecule has 0 aliphatic rings. The molecule has 2 aromatic rings. The third-order valence-corrected chi connectivity index (χ3v) is 3.06. The first-order valence-corrected chi connectivity index (χ1v) is 6.17. The SMILES string of the molecule is COc1cccc(F)c1C(=O)Nc1c(C)ccnc1Cl. The summed E-state index contributed by atoms with van der Waals surface area (Å²) in [6, 6.07) is 5.86. The number of pyridine rings is 1. The largest absolute Gasteiger partial charge is 0.496 e. The number of hydrogen-bond acceptors (Lipinski definition) is 3. The number of ether oxygens (including phenoxy) is 1. The molecule has 1 aromatic carbocycles. The van der Waals surface area contributed by atoms with Gasteiger partial charge in [-0.3, -0.25) is 4.79 Å². The van der Waals surface area contributed by atoms with E-state index in [-0.39, 0.29) is 16.5 Å². The molecule has 2 rings (SSSR count). The summed E-state index contributed by atoms with van der Waals surface area (Å²) in [5.74, 6) is -1.15. The Bertz CT molecular complexity index is 641. The summed E-state index contributed by atoms with van der Waals surface area (Å²) < 4.78 is 18.8. The van der Waals surface area contributed by atoms with E-state index in [0.717, 1.165) is 5.56 Å². The Morgan fingerprint density at radius 1 is 1.40 bits per heavy atom. The average Bonchev–Trinajstić information content (AvgIpc) is 2.42. The molecule has 4 nitrogen and oxygen atoms in total. The molecule has 1 aromatic heterocycles. The molecule has 20 heavy (non-hydrogen) atoms. The molecule has 0 atom stereocenters. The summed E-state index contributed by atoms with van der Waals surface area (Å²) >= 11 is 5.92. The summed E-state index contributed by atoms with van der Waals surface area (Å²) in [7, 11) is 1.37. The van der Waals surface area contributed by atoms with Crippen molar-refractivity contribution in [1.82, 2.24) is 4.98 Å². The Balaban J connectivity index is 2.39. The van der Waals surface area contributed by atoms with Gasteiger partial charge in [-0.05, 0) is 30.7 Å². The number of aromatic nitrogens is 1. The first-order valence-electron chi connectivity index (χ1n) is 5.79. The highest BCUT2D eigenvalue weighted by Crippen LogP contribution is 2.26. The molecule has 0 unspecified atom stereocenters. The number of hydrogen-bond donors (Lipinski definition) is 1. The maximum atomic E-state index is 13.8. The average molecular weight is 295 g/mol. The maximum absolute atomic E-state index is 13.8. The van der Waals surface area contributed by atoms with Crippen LogP contribution in [-0.2, 0) is 0 Å². The Hall–Kier alpha value is -2.14. The minimum Gasteiger partial charge on any atom is -0.496 e. The van der Waals surface area contributed by atoms with Crippen LogP contribution in [0.15, 0.2) is 30.5 Å². The van der Waals surface area contributed by atoms with Crippen molar-refractivity contribution in [2.24, 2.45) is 0 Å². The molecule has 0 radical (unpaired) electrons. The molecule has 0 aliphatic carbocycles. The van der Waals surface area contributed by atoms with E-state index in [2.05, 4.69) is 10.3 Å². The molecule has 0 saturated heterocycles. The van der Waals surface area contributed by atoms with Gasteiger partial charge >= 0.3 is 0 Å². The minimum atomic E-state index is -0.667. The summed E-state index contributed by atoms with van der Waals surface area (Å²) in [6.45, 7) is 1.77. The van der Waals surface area contributed by atoms with Crippen LogP contribution in [-0.4, -0.2) is 18.0 Å². The second-order valence-corrected chi connectivity index (χ2v) is 4.42. The van der Waals surface area contributed by atoms with Crippen LogP contribution in [0.4, 0.5) is 10.1 Å². The number of nitrogens with one attached hydrogen (secondary N) is 1. The van der Waals surface area contributed by atoms with E-state index in [1.165, 1.54) is 31.5 Å². The fourth-order valence-electron chi connectivity index (χ4n) is 1.75. The molecule has 1 N–H and O–H groups in total. The molecule has 1 heterocycles. The smallest absolute Gasteiger partial charge is 0.262 e. The predicted octanol–water partition coefficient (Wildman–Crippen LogP) is 3.44. The van der Waals surface area contributed by atoms with E-state index >= 15 is 0 Å². The van der Waals surface area contributed by atoms with Crippen LogP contribution in [0.3, 0.4) is 0 Å². The lowest BCUT2D eigenvalue weighted by molar-refractivity contribution is 0.102. The van der Waals surface area contributed by atoms with Crippen molar-refractivity contribution in [2.45, 2.75) is 6.92 Å². The lowest BCUT2D eigenvalue weighted by Gasteiger charge is -2.12. The van der Waals surface area contributed by atoms with Crippen LogP contribution >= 0.6 is 11.6 Å². The fourth-order valence-corrected chi connectivity index (χ4v) is 2.00. The number of carbonyl (C=O) groups is 1. The number of nitrogens with zero attached hydrogens (tertiary/aromatic N) is 1. The first-order chi connectivity index (χ1) is 9.54. The number of anilines is 1. The Morgan fingerprint density at radius 3 is 2.80 bits per heavy atom. The van der Waals surface area contributed by atoms with E-state index in [1.54, 1.807) is 13.0 Å². The van der Waals surface area contributed by atoms with Crippen molar-refractivity contribution >= 4 is 23.2 Å². The molecule has 0 spiro atoms. The van der Waals surface area contributed by atoms with Crippen LogP contribution in [0.5, 0.6) is 5.75 Å². The molecule has 0 fully saturated rings. The lowest BCUT2D eigenvalue weighted by atomic mass is 10.1. The van der Waals surface area contributed by atoms with Gasteiger partial charge in [0.2, 0.25) is 0 Å². The van der Waals surface area contributed by atoms with E-state index < -0.39 is 11.7 Å². The fraction of sp³-hybridized carbons (Fsp3) is 0.143. The second-order valence-electron chi connectivity index (χ2n) is 4.06. The van der Waals surface area contributed by atoms with Crippen LogP contribution in [0.1, 0.15) is 15.9 Å². The number of halogens is 2. The highest BCUT2D eigenvalue weighted by atomic mass is 35.5. The number of rotatable bonds is 3. The summed E-state index contributed by atoms with van der Waals surface area (Å²) in [4.78, 5) is 16.1. The van der Waals surface area contributed by atoms with Crippen molar-refractivity contribution in [2.75, 3.05) is 12.4 Å². The standard InChI is InChI=1S/C14H12ClFN2O2/c1-8-6-7-17-13(15)12(8)18-14(19)11-9(16)4-3-5-10(11)20-2/h3-7H,1-2H3,(H,18,19). The third kappa shape index (κ3) is 2.72. The van der Waals surface area contributed by atoms with Gasteiger partial charge in [-0.1, -0.05) is 17.7 Å². The first kappa shape index (κ1) is 14.3. The van der Waals surface area contributed by atoms with Gasteiger partial charge in [0.05, 0.1) is 12.8 Å². The van der Waals surface area contributed by atoms with Crippen molar-refractivity contribution in [3.8, 4) is 5.75 Å². The number of methoxy groups -OCH3 is 1. The molecular weight excluding hydrogens is 283 g/mol. The van der Waals surface area contributed by atoms with Gasteiger partial charge in [-0.15, -0.1) is 0 Å². The van der Waals surface area contributed by atoms with E-state index in [9.17, 15) is 9.18 Å². The van der Waals surface area contributed by atoms with Gasteiger partial charge in [0.15, 0.2) is 5.15 Å². The van der Waals surface area contributed by atoms with Crippen molar-refractivity contribution in [3.63, 3.8) is 0 Å². The topological polar surface area (TPSA) is 51.2 Å². The normalized spacial score (nSPS) is 10.2. The zero-order valence-corrected chi connectivity index (χ0v) is 11.7. The van der Waals surface area contributed by atoms with Gasteiger partial charge in [-0.25, -0.2) is 9.37 Å². The number of aryl methyl sites for hydroxylation is 1. The van der Waals surface area contributed by atoms with Crippen molar-refractivity contribution in [1.29, 1.82) is 0 Å². The molecule has 0 saturated carbocycles. The number of benzene rings is 1. The van der Waals surface area contributed by atoms with Crippen molar-refractivity contribution < 1.29 is 13.9 Å². The van der Waals surface area contributed by atoms with Gasteiger partial charge < -0.3 is 10.1 Å². The van der Waals surface area contributed by atoms with Crippen LogP contribution < -0.4 is 10.1 Å². The highest BCUT2D eigenvalue weighted by molar-refractivity contribution is 6.33. The predicted molar refractivity (Wildman–Crippen MR) is 74.9 cm³/mol. The number of amides is 1. The summed E-state index contributed by atoms with van der Waals surface area (Å²) in [5.41, 5.74) is 0.910. The van der Waals surface area contributed by atoms with Crippen LogP contribution in [0, 0.1) is 12.7 Å². The summed E-state index contributed by atoms with van der Waals surface area (Å²) in [5, 5.41) is 2.70. The van der Waals surface area contributed by atoms with Gasteiger partial charge in [0.25, 0.3) is 5.91 Å². The molecule has 0 aliphatic heterocycles. The quantitative estimate of drug-likeness (QED) is 0.882. The Morgan fingerprint density at radius 2 is 2.15 bits per heavy atom. The molecule has 6 heteroatoms. The van der Waals surface area contributed by atoms with Gasteiger partial charge in [-0.2, -0.15) is 0 Å². The van der Waals surface area contributed by atoms with Crippen LogP contribution in [0.25, 0.3) is 0 Å². The minimum absolute atomic E-state index is 0.147. The lowest BCUT2D eigenvalue weighted by Crippen LogP contribution is -2.16. The van der Waals surface area contributed by atoms with Crippen molar-refractivity contribution in [3.05, 3.63) is 52.6 Å². The van der Waals surface area contributed by atoms with E-state index in [1.807, 2.05) is 0 Å². The van der Waals surface area contributed by atoms with E-state index in [4.69, 9.17) is 16.3 Å². The van der Waals surface area contributed by atoms with Crippen LogP contribution in [0.2, 0.25) is 5.15 Å². The highest BCUT2D eigenvalue weighted by Gasteiger charge is 2.19. The third-order valence-electron chi connectivity index (χ3n) is 2.77. The van der Waals surface area contributed by atoms with Gasteiger partial charge in [0.1, 0.15) is 17.1 Å². The number of carbonyl (C=O) groups excluding carboxylic acids is 1. The molecular formula is C14H12ClFN2O2. The monoisotopic (exact) mass is 294 g/mol. The zero-order valence-electron chi connectivity index (χ0n) is 10.9. The zero-order chi connectivity index (χ0) is 14.7.